The maximum atomic E-state index is 6.30. The van der Waals surface area contributed by atoms with Gasteiger partial charge in [0.25, 0.3) is 0 Å². The van der Waals surface area contributed by atoms with Crippen LogP contribution in [-0.2, 0) is 15.0 Å². The second-order valence-electron chi connectivity index (χ2n) is 5.69. The summed E-state index contributed by atoms with van der Waals surface area (Å²) in [5, 5.41) is 0.672. The van der Waals surface area contributed by atoms with Crippen LogP contribution in [0.15, 0.2) is 73.3 Å². The van der Waals surface area contributed by atoms with Crippen LogP contribution in [0.4, 0.5) is 0 Å². The molecule has 0 amide bonds. The first-order valence-electron chi connectivity index (χ1n) is 7.85. The van der Waals surface area contributed by atoms with Crippen LogP contribution in [0, 0.1) is 0 Å². The summed E-state index contributed by atoms with van der Waals surface area (Å²) in [4.78, 5) is 4.25. The van der Waals surface area contributed by atoms with E-state index in [1.54, 1.807) is 12.5 Å². The van der Waals surface area contributed by atoms with Crippen molar-refractivity contribution >= 4 is 11.6 Å². The zero-order valence-corrected chi connectivity index (χ0v) is 13.8. The number of nitrogens with zero attached hydrogens (tertiary/aromatic N) is 2. The molecule has 1 fully saturated rings. The highest BCUT2D eigenvalue weighted by Gasteiger charge is 2.47. The van der Waals surface area contributed by atoms with E-state index in [0.29, 0.717) is 18.2 Å². The van der Waals surface area contributed by atoms with Crippen molar-refractivity contribution in [3.8, 4) is 0 Å². The molecule has 0 spiro atoms. The second-order valence-corrected chi connectivity index (χ2v) is 6.12. The van der Waals surface area contributed by atoms with Gasteiger partial charge in [0.1, 0.15) is 5.54 Å². The topological polar surface area (TPSA) is 36.3 Å². The Kier molecular flexibility index (Phi) is 4.10. The van der Waals surface area contributed by atoms with Crippen LogP contribution in [0.2, 0.25) is 5.02 Å². The summed E-state index contributed by atoms with van der Waals surface area (Å²) in [5.74, 6) is 0. The average Bonchev–Trinajstić information content (AvgIpc) is 3.31. The largest absolute Gasteiger partial charge is 0.347 e. The van der Waals surface area contributed by atoms with Crippen molar-refractivity contribution in [1.82, 2.24) is 9.55 Å². The summed E-state index contributed by atoms with van der Waals surface area (Å²) >= 11 is 6.30. The Balaban J connectivity index is 2.03. The molecule has 0 bridgehead atoms. The molecule has 1 atom stereocenters. The fourth-order valence-electron chi connectivity index (χ4n) is 3.34. The number of aromatic nitrogens is 2. The number of halogens is 1. The highest BCUT2D eigenvalue weighted by Crippen LogP contribution is 2.41. The summed E-state index contributed by atoms with van der Waals surface area (Å²) in [7, 11) is 0. The van der Waals surface area contributed by atoms with Gasteiger partial charge in [-0.3, -0.25) is 0 Å². The summed E-state index contributed by atoms with van der Waals surface area (Å²) in [6.07, 6.45) is 5.02. The van der Waals surface area contributed by atoms with Gasteiger partial charge < -0.3 is 14.0 Å². The van der Waals surface area contributed by atoms with Crippen molar-refractivity contribution in [3.05, 3.63) is 89.5 Å². The number of hydrogen-bond donors (Lipinski definition) is 0. The summed E-state index contributed by atoms with van der Waals surface area (Å²) < 4.78 is 14.0. The number of benzene rings is 2. The molecule has 122 valence electrons. The Bertz CT molecular complexity index is 801. The van der Waals surface area contributed by atoms with Gasteiger partial charge in [0, 0.05) is 17.4 Å². The quantitative estimate of drug-likeness (QED) is 0.726. The standard InChI is InChI=1S/C19H17ClN2O2/c20-17-8-4-7-16(13-17)19(18-23-11-12-24-18,22-10-9-21-14-22)15-5-2-1-3-6-15/h1-10,13-14,18H,11-12H2. The van der Waals surface area contributed by atoms with Crippen molar-refractivity contribution < 1.29 is 9.47 Å². The number of ether oxygens (including phenoxy) is 2. The van der Waals surface area contributed by atoms with Gasteiger partial charge in [0.15, 0.2) is 6.29 Å². The molecule has 2 heterocycles. The molecule has 5 heteroatoms. The molecule has 0 radical (unpaired) electrons. The maximum absolute atomic E-state index is 6.30. The molecule has 24 heavy (non-hydrogen) atoms. The van der Waals surface area contributed by atoms with Gasteiger partial charge in [-0.2, -0.15) is 0 Å². The minimum absolute atomic E-state index is 0.465. The smallest absolute Gasteiger partial charge is 0.189 e. The van der Waals surface area contributed by atoms with Gasteiger partial charge in [-0.1, -0.05) is 54.1 Å². The number of imidazole rings is 1. The van der Waals surface area contributed by atoms with E-state index in [-0.39, 0.29) is 0 Å². The number of hydrogen-bond acceptors (Lipinski definition) is 3. The lowest BCUT2D eigenvalue weighted by Crippen LogP contribution is -2.47. The molecule has 1 aliphatic heterocycles. The molecule has 4 rings (SSSR count). The maximum Gasteiger partial charge on any atom is 0.189 e. The molecule has 1 aromatic heterocycles. The van der Waals surface area contributed by atoms with E-state index < -0.39 is 11.8 Å². The SMILES string of the molecule is Clc1cccc(C(c2ccccc2)(C2OCCO2)n2ccnc2)c1. The van der Waals surface area contributed by atoms with Crippen LogP contribution in [0.1, 0.15) is 11.1 Å². The molecule has 1 aliphatic rings. The Hall–Kier alpha value is -2.14. The Morgan fingerprint density at radius 2 is 1.75 bits per heavy atom. The first-order chi connectivity index (χ1) is 11.8. The van der Waals surface area contributed by atoms with E-state index in [1.807, 2.05) is 53.2 Å². The predicted octanol–water partition coefficient (Wildman–Crippen LogP) is 3.70. The third-order valence-corrected chi connectivity index (χ3v) is 4.59. The van der Waals surface area contributed by atoms with Gasteiger partial charge in [-0.05, 0) is 23.3 Å². The van der Waals surface area contributed by atoms with E-state index in [1.165, 1.54) is 0 Å². The third-order valence-electron chi connectivity index (χ3n) is 4.35. The normalized spacial score (nSPS) is 17.7. The molecule has 0 N–H and O–H groups in total. The molecular weight excluding hydrogens is 324 g/mol. The average molecular weight is 341 g/mol. The van der Waals surface area contributed by atoms with Crippen LogP contribution in [0.3, 0.4) is 0 Å². The van der Waals surface area contributed by atoms with Crippen LogP contribution >= 0.6 is 11.6 Å². The lowest BCUT2D eigenvalue weighted by Gasteiger charge is -2.39. The van der Waals surface area contributed by atoms with Crippen molar-refractivity contribution in [2.45, 2.75) is 11.8 Å². The fraction of sp³-hybridized carbons (Fsp3) is 0.211. The molecule has 2 aromatic carbocycles. The van der Waals surface area contributed by atoms with Gasteiger partial charge >= 0.3 is 0 Å². The Labute approximate surface area is 145 Å². The van der Waals surface area contributed by atoms with E-state index in [9.17, 15) is 0 Å². The van der Waals surface area contributed by atoms with Crippen LogP contribution in [0.5, 0.6) is 0 Å². The van der Waals surface area contributed by atoms with Crippen LogP contribution in [0.25, 0.3) is 0 Å². The molecule has 0 aliphatic carbocycles. The highest BCUT2D eigenvalue weighted by atomic mass is 35.5. The molecule has 4 nitrogen and oxygen atoms in total. The fourth-order valence-corrected chi connectivity index (χ4v) is 3.53. The van der Waals surface area contributed by atoms with Crippen molar-refractivity contribution in [3.63, 3.8) is 0 Å². The molecule has 1 unspecified atom stereocenters. The zero-order chi connectivity index (χ0) is 16.4. The summed E-state index contributed by atoms with van der Waals surface area (Å²) in [6, 6.07) is 18.0. The van der Waals surface area contributed by atoms with E-state index >= 15 is 0 Å². The zero-order valence-electron chi connectivity index (χ0n) is 13.0. The third kappa shape index (κ3) is 2.44. The minimum atomic E-state index is -0.695. The van der Waals surface area contributed by atoms with Gasteiger partial charge in [0.2, 0.25) is 0 Å². The Morgan fingerprint density at radius 1 is 1.00 bits per heavy atom. The molecule has 0 saturated carbocycles. The monoisotopic (exact) mass is 340 g/mol. The van der Waals surface area contributed by atoms with E-state index in [0.717, 1.165) is 11.1 Å². The molecule has 3 aromatic rings. The summed E-state index contributed by atoms with van der Waals surface area (Å²) in [6.45, 7) is 1.13. The van der Waals surface area contributed by atoms with Gasteiger partial charge in [-0.15, -0.1) is 0 Å². The molecule has 1 saturated heterocycles. The first kappa shape index (κ1) is 15.4. The molecular formula is C19H17ClN2O2. The van der Waals surface area contributed by atoms with Crippen molar-refractivity contribution in [1.29, 1.82) is 0 Å². The van der Waals surface area contributed by atoms with Crippen molar-refractivity contribution in [2.75, 3.05) is 13.2 Å². The second kappa shape index (κ2) is 6.40. The lowest BCUT2D eigenvalue weighted by molar-refractivity contribution is -0.0958. The van der Waals surface area contributed by atoms with E-state index in [2.05, 4.69) is 17.1 Å². The van der Waals surface area contributed by atoms with Gasteiger partial charge in [0.05, 0.1) is 19.5 Å². The van der Waals surface area contributed by atoms with Gasteiger partial charge in [-0.25, -0.2) is 4.98 Å². The number of rotatable bonds is 4. The van der Waals surface area contributed by atoms with E-state index in [4.69, 9.17) is 21.1 Å². The minimum Gasteiger partial charge on any atom is -0.347 e. The highest BCUT2D eigenvalue weighted by molar-refractivity contribution is 6.30. The van der Waals surface area contributed by atoms with Crippen LogP contribution in [-0.4, -0.2) is 29.1 Å². The lowest BCUT2D eigenvalue weighted by atomic mass is 9.81. The van der Waals surface area contributed by atoms with Crippen molar-refractivity contribution in [2.24, 2.45) is 0 Å². The first-order valence-corrected chi connectivity index (χ1v) is 8.23. The van der Waals surface area contributed by atoms with Crippen LogP contribution < -0.4 is 0 Å². The Morgan fingerprint density at radius 3 is 2.42 bits per heavy atom. The summed E-state index contributed by atoms with van der Waals surface area (Å²) in [5.41, 5.74) is 1.35. The predicted molar refractivity (Wildman–Crippen MR) is 92.0 cm³/mol.